The van der Waals surface area contributed by atoms with Crippen LogP contribution in [0.2, 0.25) is 0 Å². The fraction of sp³-hybridized carbons (Fsp3) is 0.474. The lowest BCUT2D eigenvalue weighted by molar-refractivity contribution is 0.0785. The van der Waals surface area contributed by atoms with Crippen LogP contribution in [-0.2, 0) is 23.6 Å². The summed E-state index contributed by atoms with van der Waals surface area (Å²) in [6.45, 7) is 3.26. The molecule has 0 N–H and O–H groups in total. The smallest absolute Gasteiger partial charge is 0.253 e. The minimum atomic E-state index is -3.58. The Morgan fingerprint density at radius 3 is 2.56 bits per heavy atom. The van der Waals surface area contributed by atoms with Crippen molar-refractivity contribution in [2.75, 3.05) is 20.1 Å². The monoisotopic (exact) mass is 390 g/mol. The molecule has 27 heavy (non-hydrogen) atoms. The van der Waals surface area contributed by atoms with Gasteiger partial charge in [-0.3, -0.25) is 9.48 Å². The van der Waals surface area contributed by atoms with Gasteiger partial charge in [0.05, 0.1) is 11.1 Å². The minimum absolute atomic E-state index is 0.214. The van der Waals surface area contributed by atoms with E-state index in [9.17, 15) is 13.2 Å². The maximum absolute atomic E-state index is 13.0. The van der Waals surface area contributed by atoms with E-state index in [0.29, 0.717) is 30.8 Å². The molecule has 1 aromatic carbocycles. The molecule has 1 saturated heterocycles. The normalized spacial score (nSPS) is 15.7. The van der Waals surface area contributed by atoms with E-state index in [1.54, 1.807) is 41.9 Å². The summed E-state index contributed by atoms with van der Waals surface area (Å²) in [5, 5.41) is 4.11. The third-order valence-corrected chi connectivity index (χ3v) is 6.93. The summed E-state index contributed by atoms with van der Waals surface area (Å²) in [5.41, 5.74) is 1.95. The van der Waals surface area contributed by atoms with Crippen molar-refractivity contribution in [3.05, 3.63) is 47.3 Å². The highest BCUT2D eigenvalue weighted by Gasteiger charge is 2.28. The molecule has 7 nitrogen and oxygen atoms in total. The Bertz CT molecular complexity index is 930. The zero-order valence-corrected chi connectivity index (χ0v) is 16.9. The first kappa shape index (κ1) is 19.6. The van der Waals surface area contributed by atoms with Crippen LogP contribution >= 0.6 is 0 Å². The van der Waals surface area contributed by atoms with Gasteiger partial charge < -0.3 is 4.90 Å². The summed E-state index contributed by atoms with van der Waals surface area (Å²) < 4.78 is 29.3. The number of carbonyl (C=O) groups excluding carboxylic acids is 1. The van der Waals surface area contributed by atoms with Gasteiger partial charge in [0.25, 0.3) is 5.91 Å². The summed E-state index contributed by atoms with van der Waals surface area (Å²) in [4.78, 5) is 14.6. The van der Waals surface area contributed by atoms with E-state index in [0.717, 1.165) is 24.8 Å². The highest BCUT2D eigenvalue weighted by atomic mass is 32.2. The van der Waals surface area contributed by atoms with Crippen molar-refractivity contribution in [2.45, 2.75) is 37.6 Å². The van der Waals surface area contributed by atoms with E-state index < -0.39 is 10.0 Å². The predicted octanol–water partition coefficient (Wildman–Crippen LogP) is 2.18. The number of hydrogen-bond donors (Lipinski definition) is 0. The molecule has 146 valence electrons. The van der Waals surface area contributed by atoms with Crippen LogP contribution in [0.3, 0.4) is 0 Å². The van der Waals surface area contributed by atoms with Crippen molar-refractivity contribution < 1.29 is 13.2 Å². The van der Waals surface area contributed by atoms with Gasteiger partial charge in [0.1, 0.15) is 0 Å². The standard InChI is InChI=1S/C19H26N4O3S/c1-15-7-8-17(19(24)21(2)13-16-12-20-22(3)14-16)11-18(15)27(25,26)23-9-5-4-6-10-23/h7-8,11-12,14H,4-6,9-10,13H2,1-3H3. The lowest BCUT2D eigenvalue weighted by atomic mass is 10.1. The molecule has 1 amide bonds. The summed E-state index contributed by atoms with van der Waals surface area (Å²) in [6.07, 6.45) is 6.38. The average Bonchev–Trinajstić information content (AvgIpc) is 3.06. The molecule has 2 aromatic rings. The van der Waals surface area contributed by atoms with Crippen LogP contribution in [0.5, 0.6) is 0 Å². The van der Waals surface area contributed by atoms with Gasteiger partial charge in [-0.2, -0.15) is 9.40 Å². The molecule has 0 unspecified atom stereocenters. The molecule has 0 saturated carbocycles. The lowest BCUT2D eigenvalue weighted by Crippen LogP contribution is -2.36. The Morgan fingerprint density at radius 1 is 1.22 bits per heavy atom. The topological polar surface area (TPSA) is 75.5 Å². The van der Waals surface area contributed by atoms with Crippen molar-refractivity contribution in [3.63, 3.8) is 0 Å². The van der Waals surface area contributed by atoms with Crippen LogP contribution in [-0.4, -0.2) is 53.4 Å². The zero-order valence-electron chi connectivity index (χ0n) is 16.1. The fourth-order valence-electron chi connectivity index (χ4n) is 3.37. The van der Waals surface area contributed by atoms with Gasteiger partial charge in [-0.15, -0.1) is 0 Å². The molecule has 0 atom stereocenters. The Hall–Kier alpha value is -2.19. The number of rotatable bonds is 5. The molecule has 1 aromatic heterocycles. The average molecular weight is 391 g/mol. The first-order chi connectivity index (χ1) is 12.8. The fourth-order valence-corrected chi connectivity index (χ4v) is 5.14. The van der Waals surface area contributed by atoms with Crippen LogP contribution in [0.15, 0.2) is 35.5 Å². The maximum atomic E-state index is 13.0. The molecule has 0 aliphatic carbocycles. The molecule has 0 radical (unpaired) electrons. The van der Waals surface area contributed by atoms with Gasteiger partial charge in [-0.05, 0) is 37.5 Å². The van der Waals surface area contributed by atoms with Crippen molar-refractivity contribution in [2.24, 2.45) is 7.05 Å². The highest BCUT2D eigenvalue weighted by molar-refractivity contribution is 7.89. The molecular weight excluding hydrogens is 364 g/mol. The molecule has 2 heterocycles. The number of hydrogen-bond acceptors (Lipinski definition) is 4. The number of aromatic nitrogens is 2. The number of carbonyl (C=O) groups is 1. The van der Waals surface area contributed by atoms with E-state index in [-0.39, 0.29) is 10.8 Å². The van der Waals surface area contributed by atoms with Crippen LogP contribution < -0.4 is 0 Å². The van der Waals surface area contributed by atoms with E-state index in [1.807, 2.05) is 13.2 Å². The van der Waals surface area contributed by atoms with Gasteiger partial charge in [0, 0.05) is 51.1 Å². The van der Waals surface area contributed by atoms with Crippen LogP contribution in [0.1, 0.15) is 40.7 Å². The van der Waals surface area contributed by atoms with Crippen molar-refractivity contribution in [1.82, 2.24) is 19.0 Å². The van der Waals surface area contributed by atoms with E-state index in [4.69, 9.17) is 0 Å². The number of amides is 1. The second-order valence-electron chi connectivity index (χ2n) is 7.13. The largest absolute Gasteiger partial charge is 0.337 e. The Labute approximate surface area is 160 Å². The van der Waals surface area contributed by atoms with Gasteiger partial charge in [0.2, 0.25) is 10.0 Å². The van der Waals surface area contributed by atoms with E-state index in [1.165, 1.54) is 10.4 Å². The Morgan fingerprint density at radius 2 is 1.93 bits per heavy atom. The molecular formula is C19H26N4O3S. The molecule has 0 bridgehead atoms. The third kappa shape index (κ3) is 4.22. The third-order valence-electron chi connectivity index (χ3n) is 4.89. The number of aryl methyl sites for hydroxylation is 2. The molecule has 3 rings (SSSR count). The second kappa shape index (κ2) is 7.82. The van der Waals surface area contributed by atoms with Gasteiger partial charge in [-0.25, -0.2) is 8.42 Å². The summed E-state index contributed by atoms with van der Waals surface area (Å²) in [5.74, 6) is -0.214. The highest BCUT2D eigenvalue weighted by Crippen LogP contribution is 2.25. The summed E-state index contributed by atoms with van der Waals surface area (Å²) in [7, 11) is -0.0559. The molecule has 1 aliphatic heterocycles. The maximum Gasteiger partial charge on any atom is 0.253 e. The second-order valence-corrected chi connectivity index (χ2v) is 9.03. The number of sulfonamides is 1. The number of benzene rings is 1. The van der Waals surface area contributed by atoms with Crippen molar-refractivity contribution in [3.8, 4) is 0 Å². The lowest BCUT2D eigenvalue weighted by Gasteiger charge is -2.27. The summed E-state index contributed by atoms with van der Waals surface area (Å²) >= 11 is 0. The Kier molecular flexibility index (Phi) is 5.67. The predicted molar refractivity (Wildman–Crippen MR) is 103 cm³/mol. The quantitative estimate of drug-likeness (QED) is 0.784. The first-order valence-electron chi connectivity index (χ1n) is 9.13. The van der Waals surface area contributed by atoms with Crippen LogP contribution in [0.25, 0.3) is 0 Å². The molecule has 8 heteroatoms. The van der Waals surface area contributed by atoms with Crippen LogP contribution in [0, 0.1) is 6.92 Å². The van der Waals surface area contributed by atoms with Gasteiger partial charge in [0.15, 0.2) is 0 Å². The van der Waals surface area contributed by atoms with Crippen LogP contribution in [0.4, 0.5) is 0 Å². The number of piperidine rings is 1. The zero-order chi connectivity index (χ0) is 19.6. The van der Waals surface area contributed by atoms with Crippen molar-refractivity contribution >= 4 is 15.9 Å². The molecule has 1 aliphatic rings. The molecule has 1 fully saturated rings. The van der Waals surface area contributed by atoms with Crippen molar-refractivity contribution in [1.29, 1.82) is 0 Å². The SMILES string of the molecule is Cc1ccc(C(=O)N(C)Cc2cnn(C)c2)cc1S(=O)(=O)N1CCCCC1. The van der Waals surface area contributed by atoms with E-state index in [2.05, 4.69) is 5.10 Å². The minimum Gasteiger partial charge on any atom is -0.337 e. The van der Waals surface area contributed by atoms with Gasteiger partial charge >= 0.3 is 0 Å². The van der Waals surface area contributed by atoms with E-state index >= 15 is 0 Å². The Balaban J connectivity index is 1.84. The van der Waals surface area contributed by atoms with Gasteiger partial charge in [-0.1, -0.05) is 12.5 Å². The number of nitrogens with zero attached hydrogens (tertiary/aromatic N) is 4. The molecule has 0 spiro atoms. The first-order valence-corrected chi connectivity index (χ1v) is 10.6. The summed E-state index contributed by atoms with van der Waals surface area (Å²) in [6, 6.07) is 4.91.